The average Bonchev–Trinajstić information content (AvgIpc) is 3.03. The van der Waals surface area contributed by atoms with Gasteiger partial charge in [-0.15, -0.1) is 10.2 Å². The van der Waals surface area contributed by atoms with Crippen molar-refractivity contribution in [2.75, 3.05) is 5.75 Å². The van der Waals surface area contributed by atoms with E-state index in [4.69, 9.17) is 4.42 Å². The minimum atomic E-state index is 0.0431. The van der Waals surface area contributed by atoms with Crippen molar-refractivity contribution in [1.82, 2.24) is 15.5 Å². The summed E-state index contributed by atoms with van der Waals surface area (Å²) in [6.07, 6.45) is 5.37. The van der Waals surface area contributed by atoms with Crippen LogP contribution in [-0.4, -0.2) is 27.9 Å². The number of aromatic nitrogens is 2. The molecule has 1 aliphatic carbocycles. The fraction of sp³-hybridized carbons (Fsp3) is 0.500. The smallest absolute Gasteiger partial charge is 0.277 e. The molecule has 2 aromatic rings. The largest absolute Gasteiger partial charge is 0.416 e. The highest BCUT2D eigenvalue weighted by Gasteiger charge is 2.23. The van der Waals surface area contributed by atoms with Crippen LogP contribution < -0.4 is 5.32 Å². The summed E-state index contributed by atoms with van der Waals surface area (Å²) in [6.45, 7) is 2.21. The van der Waals surface area contributed by atoms with Gasteiger partial charge in [-0.2, -0.15) is 0 Å². The summed E-state index contributed by atoms with van der Waals surface area (Å²) in [4.78, 5) is 12.1. The predicted molar refractivity (Wildman–Crippen MR) is 93.8 cm³/mol. The topological polar surface area (TPSA) is 68.0 Å². The molecule has 1 saturated carbocycles. The standard InChI is InChI=1S/C18H23N3O2S/c1-13-7-5-6-10-15(13)19-16(22)12-24-18-21-20-17(23-18)11-14-8-3-2-4-9-14/h2-4,8-9,13,15H,5-7,10-12H2,1H3,(H,19,22)/t13-,15+/m1/s1. The first kappa shape index (κ1) is 17.0. The van der Waals surface area contributed by atoms with Crippen LogP contribution in [0.25, 0.3) is 0 Å². The van der Waals surface area contributed by atoms with Gasteiger partial charge in [0.25, 0.3) is 5.22 Å². The Labute approximate surface area is 146 Å². The molecule has 1 heterocycles. The minimum absolute atomic E-state index is 0.0431. The van der Waals surface area contributed by atoms with E-state index in [1.165, 1.54) is 31.0 Å². The summed E-state index contributed by atoms with van der Waals surface area (Å²) >= 11 is 1.30. The molecule has 0 saturated heterocycles. The number of carbonyl (C=O) groups excluding carboxylic acids is 1. The molecular weight excluding hydrogens is 322 g/mol. The van der Waals surface area contributed by atoms with E-state index >= 15 is 0 Å². The molecule has 0 spiro atoms. The molecule has 1 aliphatic rings. The van der Waals surface area contributed by atoms with Crippen molar-refractivity contribution in [1.29, 1.82) is 0 Å². The third kappa shape index (κ3) is 4.84. The van der Waals surface area contributed by atoms with Gasteiger partial charge in [-0.1, -0.05) is 61.9 Å². The molecule has 128 valence electrons. The Morgan fingerprint density at radius 1 is 1.25 bits per heavy atom. The third-order valence-corrected chi connectivity index (χ3v) is 5.25. The number of hydrogen-bond donors (Lipinski definition) is 1. The monoisotopic (exact) mass is 345 g/mol. The summed E-state index contributed by atoms with van der Waals surface area (Å²) in [5, 5.41) is 11.6. The van der Waals surface area contributed by atoms with Gasteiger partial charge < -0.3 is 9.73 Å². The summed E-state index contributed by atoms with van der Waals surface area (Å²) in [7, 11) is 0. The van der Waals surface area contributed by atoms with E-state index in [2.05, 4.69) is 22.4 Å². The van der Waals surface area contributed by atoms with Crippen LogP contribution in [0.4, 0.5) is 0 Å². The maximum atomic E-state index is 12.1. The van der Waals surface area contributed by atoms with Gasteiger partial charge in [0.1, 0.15) is 0 Å². The molecule has 0 radical (unpaired) electrons. The zero-order chi connectivity index (χ0) is 16.8. The van der Waals surface area contributed by atoms with E-state index in [1.807, 2.05) is 30.3 Å². The molecule has 1 amide bonds. The lowest BCUT2D eigenvalue weighted by Crippen LogP contribution is -2.41. The van der Waals surface area contributed by atoms with E-state index < -0.39 is 0 Å². The first-order valence-electron chi connectivity index (χ1n) is 8.49. The number of carbonyl (C=O) groups is 1. The molecule has 1 N–H and O–H groups in total. The van der Waals surface area contributed by atoms with Gasteiger partial charge in [0.15, 0.2) is 0 Å². The molecular formula is C18H23N3O2S. The summed E-state index contributed by atoms with van der Waals surface area (Å²) < 4.78 is 5.61. The number of nitrogens with one attached hydrogen (secondary N) is 1. The highest BCUT2D eigenvalue weighted by Crippen LogP contribution is 2.24. The van der Waals surface area contributed by atoms with Crippen molar-refractivity contribution in [3.63, 3.8) is 0 Å². The molecule has 1 fully saturated rings. The van der Waals surface area contributed by atoms with E-state index in [0.29, 0.717) is 35.2 Å². The zero-order valence-corrected chi connectivity index (χ0v) is 14.7. The van der Waals surface area contributed by atoms with Crippen LogP contribution in [0.5, 0.6) is 0 Å². The Morgan fingerprint density at radius 3 is 2.83 bits per heavy atom. The lowest BCUT2D eigenvalue weighted by Gasteiger charge is -2.29. The van der Waals surface area contributed by atoms with E-state index in [9.17, 15) is 4.79 Å². The highest BCUT2D eigenvalue weighted by molar-refractivity contribution is 7.99. The lowest BCUT2D eigenvalue weighted by atomic mass is 9.86. The first-order chi connectivity index (χ1) is 11.7. The second-order valence-corrected chi connectivity index (χ2v) is 7.28. The van der Waals surface area contributed by atoms with Crippen molar-refractivity contribution in [2.24, 2.45) is 5.92 Å². The van der Waals surface area contributed by atoms with Crippen LogP contribution in [-0.2, 0) is 11.2 Å². The molecule has 24 heavy (non-hydrogen) atoms. The number of nitrogens with zero attached hydrogens (tertiary/aromatic N) is 2. The lowest BCUT2D eigenvalue weighted by molar-refractivity contribution is -0.119. The fourth-order valence-electron chi connectivity index (χ4n) is 3.04. The quantitative estimate of drug-likeness (QED) is 0.812. The molecule has 1 aromatic carbocycles. The van der Waals surface area contributed by atoms with Crippen LogP contribution >= 0.6 is 11.8 Å². The Kier molecular flexibility index (Phi) is 5.91. The summed E-state index contributed by atoms with van der Waals surface area (Å²) in [6, 6.07) is 10.3. The molecule has 0 aliphatic heterocycles. The Morgan fingerprint density at radius 2 is 2.04 bits per heavy atom. The molecule has 6 heteroatoms. The number of rotatable bonds is 6. The van der Waals surface area contributed by atoms with Crippen molar-refractivity contribution in [3.05, 3.63) is 41.8 Å². The van der Waals surface area contributed by atoms with Crippen LogP contribution in [0.1, 0.15) is 44.1 Å². The predicted octanol–water partition coefficient (Wildman–Crippen LogP) is 3.45. The number of hydrogen-bond acceptors (Lipinski definition) is 5. The third-order valence-electron chi connectivity index (χ3n) is 4.43. The minimum Gasteiger partial charge on any atom is -0.416 e. The van der Waals surface area contributed by atoms with Gasteiger partial charge in [0, 0.05) is 6.04 Å². The van der Waals surface area contributed by atoms with Crippen LogP contribution in [0.2, 0.25) is 0 Å². The number of benzene rings is 1. The van der Waals surface area contributed by atoms with Crippen molar-refractivity contribution >= 4 is 17.7 Å². The fourth-order valence-corrected chi connectivity index (χ4v) is 3.64. The second-order valence-electron chi connectivity index (χ2n) is 6.35. The molecule has 0 bridgehead atoms. The SMILES string of the molecule is C[C@@H]1CCCC[C@@H]1NC(=O)CSc1nnc(Cc2ccccc2)o1. The van der Waals surface area contributed by atoms with Gasteiger partial charge in [-0.3, -0.25) is 4.79 Å². The molecule has 2 atom stereocenters. The van der Waals surface area contributed by atoms with E-state index in [1.54, 1.807) is 0 Å². The van der Waals surface area contributed by atoms with Crippen LogP contribution in [0.3, 0.4) is 0 Å². The maximum Gasteiger partial charge on any atom is 0.277 e. The van der Waals surface area contributed by atoms with Crippen LogP contribution in [0, 0.1) is 5.92 Å². The maximum absolute atomic E-state index is 12.1. The summed E-state index contributed by atoms with van der Waals surface area (Å²) in [5.74, 6) is 1.50. The van der Waals surface area contributed by atoms with E-state index in [-0.39, 0.29) is 5.91 Å². The normalized spacial score (nSPS) is 20.7. The molecule has 5 nitrogen and oxygen atoms in total. The van der Waals surface area contributed by atoms with Gasteiger partial charge >= 0.3 is 0 Å². The van der Waals surface area contributed by atoms with Gasteiger partial charge in [-0.05, 0) is 24.3 Å². The van der Waals surface area contributed by atoms with E-state index in [0.717, 1.165) is 12.0 Å². The number of thioether (sulfide) groups is 1. The van der Waals surface area contributed by atoms with Crippen LogP contribution in [0.15, 0.2) is 40.0 Å². The van der Waals surface area contributed by atoms with Gasteiger partial charge in [0.2, 0.25) is 11.8 Å². The molecule has 1 aromatic heterocycles. The van der Waals surface area contributed by atoms with Gasteiger partial charge in [-0.25, -0.2) is 0 Å². The Hall–Kier alpha value is -1.82. The van der Waals surface area contributed by atoms with Crippen molar-refractivity contribution in [3.8, 4) is 0 Å². The van der Waals surface area contributed by atoms with Gasteiger partial charge in [0.05, 0.1) is 12.2 Å². The average molecular weight is 345 g/mol. The summed E-state index contributed by atoms with van der Waals surface area (Å²) in [5.41, 5.74) is 1.13. The highest BCUT2D eigenvalue weighted by atomic mass is 32.2. The second kappa shape index (κ2) is 8.33. The zero-order valence-electron chi connectivity index (χ0n) is 13.9. The Bertz CT molecular complexity index is 659. The molecule has 3 rings (SSSR count). The Balaban J connectivity index is 1.45. The molecule has 0 unspecified atom stereocenters. The first-order valence-corrected chi connectivity index (χ1v) is 9.48. The number of amides is 1. The van der Waals surface area contributed by atoms with Crippen molar-refractivity contribution < 1.29 is 9.21 Å². The van der Waals surface area contributed by atoms with Crippen molar-refractivity contribution in [2.45, 2.75) is 50.3 Å².